The molecule has 3 rings (SSSR count). The predicted molar refractivity (Wildman–Crippen MR) is 115 cm³/mol. The Kier molecular flexibility index (Phi) is 7.19. The Balaban J connectivity index is 1.55. The molecule has 0 aliphatic heterocycles. The van der Waals surface area contributed by atoms with Crippen LogP contribution in [0.5, 0.6) is 0 Å². The molecule has 0 spiro atoms. The summed E-state index contributed by atoms with van der Waals surface area (Å²) in [5.74, 6) is -0.982. The summed E-state index contributed by atoms with van der Waals surface area (Å²) in [5.41, 5.74) is 0.375. The van der Waals surface area contributed by atoms with E-state index in [1.807, 2.05) is 6.92 Å². The Hall–Kier alpha value is -2.63. The molecule has 2 amide bonds. The van der Waals surface area contributed by atoms with Crippen molar-refractivity contribution in [3.63, 3.8) is 0 Å². The highest BCUT2D eigenvalue weighted by Gasteiger charge is 2.31. The van der Waals surface area contributed by atoms with Crippen molar-refractivity contribution in [2.24, 2.45) is 0 Å². The second-order valence-electron chi connectivity index (χ2n) is 6.21. The first-order chi connectivity index (χ1) is 14.6. The maximum absolute atomic E-state index is 12.8. The van der Waals surface area contributed by atoms with Crippen LogP contribution in [0.15, 0.2) is 46.8 Å². The lowest BCUT2D eigenvalue weighted by Crippen LogP contribution is -2.14. The van der Waals surface area contributed by atoms with Gasteiger partial charge >= 0.3 is 6.18 Å². The molecule has 162 valence electrons. The molecular formula is C19H14ClF3N4O2S2. The van der Waals surface area contributed by atoms with Crippen LogP contribution in [0.4, 0.5) is 24.0 Å². The van der Waals surface area contributed by atoms with Crippen molar-refractivity contribution in [2.45, 2.75) is 17.4 Å². The number of hydrogen-bond donors (Lipinski definition) is 2. The summed E-state index contributed by atoms with van der Waals surface area (Å²) in [4.78, 5) is 24.3. The van der Waals surface area contributed by atoms with Gasteiger partial charge in [0.1, 0.15) is 0 Å². The fourth-order valence-electron chi connectivity index (χ4n) is 2.32. The molecular weight excluding hydrogens is 473 g/mol. The summed E-state index contributed by atoms with van der Waals surface area (Å²) in [6.45, 7) is 1.85. The van der Waals surface area contributed by atoms with Crippen LogP contribution in [0, 0.1) is 6.92 Å². The number of alkyl halides is 3. The SMILES string of the molecule is Cc1ccc(NC(=O)CSc2nnc(NC(=O)c3cccc(C(F)(F)F)c3)s2)cc1Cl. The minimum atomic E-state index is -4.55. The monoisotopic (exact) mass is 486 g/mol. The number of nitrogens with zero attached hydrogens (tertiary/aromatic N) is 2. The van der Waals surface area contributed by atoms with Crippen LogP contribution in [0.2, 0.25) is 5.02 Å². The molecule has 3 aromatic rings. The van der Waals surface area contributed by atoms with Crippen molar-refractivity contribution in [2.75, 3.05) is 16.4 Å². The number of aryl methyl sites for hydroxylation is 1. The molecule has 0 aliphatic carbocycles. The first-order valence-electron chi connectivity index (χ1n) is 8.63. The minimum absolute atomic E-state index is 0.0434. The maximum atomic E-state index is 12.8. The van der Waals surface area contributed by atoms with Crippen LogP contribution in [-0.2, 0) is 11.0 Å². The van der Waals surface area contributed by atoms with E-state index in [1.54, 1.807) is 18.2 Å². The standard InChI is InChI=1S/C19H14ClF3N4O2S2/c1-10-5-6-13(8-14(10)20)24-15(28)9-30-18-27-26-17(31-18)25-16(29)11-3-2-4-12(7-11)19(21,22)23/h2-8H,9H2,1H3,(H,24,28)(H,25,26,29). The van der Waals surface area contributed by atoms with Crippen LogP contribution in [-0.4, -0.2) is 27.8 Å². The number of anilines is 2. The lowest BCUT2D eigenvalue weighted by molar-refractivity contribution is -0.137. The van der Waals surface area contributed by atoms with Crippen LogP contribution >= 0.6 is 34.7 Å². The van der Waals surface area contributed by atoms with Gasteiger partial charge in [-0.1, -0.05) is 46.8 Å². The Morgan fingerprint density at radius 3 is 2.61 bits per heavy atom. The van der Waals surface area contributed by atoms with Crippen molar-refractivity contribution in [3.05, 3.63) is 64.2 Å². The number of hydrogen-bond acceptors (Lipinski definition) is 6. The smallest absolute Gasteiger partial charge is 0.325 e. The fourth-order valence-corrected chi connectivity index (χ4v) is 4.05. The Bertz CT molecular complexity index is 1120. The van der Waals surface area contributed by atoms with E-state index in [0.29, 0.717) is 15.0 Å². The predicted octanol–water partition coefficient (Wildman–Crippen LogP) is 5.50. The molecule has 0 radical (unpaired) electrons. The molecule has 1 heterocycles. The van der Waals surface area contributed by atoms with Crippen molar-refractivity contribution in [1.82, 2.24) is 10.2 Å². The number of rotatable bonds is 6. The molecule has 31 heavy (non-hydrogen) atoms. The highest BCUT2D eigenvalue weighted by Crippen LogP contribution is 2.30. The van der Waals surface area contributed by atoms with Crippen LogP contribution in [0.25, 0.3) is 0 Å². The molecule has 2 aromatic carbocycles. The van der Waals surface area contributed by atoms with E-state index in [0.717, 1.165) is 46.9 Å². The van der Waals surface area contributed by atoms with E-state index in [-0.39, 0.29) is 22.4 Å². The lowest BCUT2D eigenvalue weighted by Gasteiger charge is -2.08. The number of benzene rings is 2. The number of aromatic nitrogens is 2. The molecule has 0 aliphatic rings. The molecule has 1 aromatic heterocycles. The van der Waals surface area contributed by atoms with E-state index in [1.165, 1.54) is 6.07 Å². The Morgan fingerprint density at radius 1 is 1.13 bits per heavy atom. The Labute approximate surface area is 188 Å². The van der Waals surface area contributed by atoms with Gasteiger partial charge in [0.05, 0.1) is 11.3 Å². The zero-order valence-electron chi connectivity index (χ0n) is 15.8. The van der Waals surface area contributed by atoms with Crippen molar-refractivity contribution in [3.8, 4) is 0 Å². The number of halogens is 4. The third kappa shape index (κ3) is 6.42. The second-order valence-corrected chi connectivity index (χ2v) is 8.81. The van der Waals surface area contributed by atoms with Crippen molar-refractivity contribution < 1.29 is 22.8 Å². The molecule has 0 saturated carbocycles. The van der Waals surface area contributed by atoms with E-state index in [2.05, 4.69) is 20.8 Å². The van der Waals surface area contributed by atoms with Gasteiger partial charge in [-0.15, -0.1) is 10.2 Å². The van der Waals surface area contributed by atoms with Gasteiger partial charge in [-0.3, -0.25) is 14.9 Å². The summed E-state index contributed by atoms with van der Waals surface area (Å²) < 4.78 is 38.8. The molecule has 6 nitrogen and oxygen atoms in total. The Morgan fingerprint density at radius 2 is 1.90 bits per heavy atom. The number of carbonyl (C=O) groups excluding carboxylic acids is 2. The van der Waals surface area contributed by atoms with Gasteiger partial charge in [0, 0.05) is 16.3 Å². The average molecular weight is 487 g/mol. The maximum Gasteiger partial charge on any atom is 0.416 e. The summed E-state index contributed by atoms with van der Waals surface area (Å²) >= 11 is 8.13. The summed E-state index contributed by atoms with van der Waals surface area (Å²) in [6, 6.07) is 9.22. The van der Waals surface area contributed by atoms with Crippen LogP contribution in [0.1, 0.15) is 21.5 Å². The van der Waals surface area contributed by atoms with E-state index in [9.17, 15) is 22.8 Å². The first-order valence-corrected chi connectivity index (χ1v) is 10.8. The normalized spacial score (nSPS) is 11.3. The third-order valence-corrected chi connectivity index (χ3v) is 6.24. The second kappa shape index (κ2) is 9.67. The summed E-state index contributed by atoms with van der Waals surface area (Å²) in [7, 11) is 0. The van der Waals surface area contributed by atoms with Crippen molar-refractivity contribution in [1.29, 1.82) is 0 Å². The first kappa shape index (κ1) is 23.0. The molecule has 12 heteroatoms. The number of thioether (sulfide) groups is 1. The molecule has 0 fully saturated rings. The zero-order chi connectivity index (χ0) is 22.6. The summed E-state index contributed by atoms with van der Waals surface area (Å²) in [5, 5.41) is 13.4. The molecule has 0 bridgehead atoms. The third-order valence-electron chi connectivity index (χ3n) is 3.86. The molecule has 2 N–H and O–H groups in total. The van der Waals surface area contributed by atoms with Crippen LogP contribution < -0.4 is 10.6 Å². The van der Waals surface area contributed by atoms with E-state index in [4.69, 9.17) is 11.6 Å². The average Bonchev–Trinajstić information content (AvgIpc) is 3.16. The molecule has 0 unspecified atom stereocenters. The summed E-state index contributed by atoms with van der Waals surface area (Å²) in [6.07, 6.45) is -4.55. The number of nitrogens with one attached hydrogen (secondary N) is 2. The van der Waals surface area contributed by atoms with Gasteiger partial charge in [0.15, 0.2) is 4.34 Å². The number of amides is 2. The lowest BCUT2D eigenvalue weighted by atomic mass is 10.1. The largest absolute Gasteiger partial charge is 0.416 e. The molecule has 0 atom stereocenters. The molecule has 0 saturated heterocycles. The van der Waals surface area contributed by atoms with Gasteiger partial charge in [0.2, 0.25) is 11.0 Å². The van der Waals surface area contributed by atoms with Gasteiger partial charge in [0.25, 0.3) is 5.91 Å². The van der Waals surface area contributed by atoms with Gasteiger partial charge in [-0.2, -0.15) is 13.2 Å². The highest BCUT2D eigenvalue weighted by atomic mass is 35.5. The fraction of sp³-hybridized carbons (Fsp3) is 0.158. The van der Waals surface area contributed by atoms with E-state index < -0.39 is 17.6 Å². The quantitative estimate of drug-likeness (QED) is 0.355. The number of carbonyl (C=O) groups is 2. The van der Waals surface area contributed by atoms with Gasteiger partial charge < -0.3 is 5.32 Å². The highest BCUT2D eigenvalue weighted by molar-refractivity contribution is 8.01. The minimum Gasteiger partial charge on any atom is -0.325 e. The van der Waals surface area contributed by atoms with E-state index >= 15 is 0 Å². The topological polar surface area (TPSA) is 84.0 Å². The zero-order valence-corrected chi connectivity index (χ0v) is 18.2. The van der Waals surface area contributed by atoms with Gasteiger partial charge in [-0.05, 0) is 42.8 Å². The van der Waals surface area contributed by atoms with Crippen molar-refractivity contribution >= 4 is 57.3 Å². The van der Waals surface area contributed by atoms with Crippen LogP contribution in [0.3, 0.4) is 0 Å². The van der Waals surface area contributed by atoms with Gasteiger partial charge in [-0.25, -0.2) is 0 Å².